The number of fused-ring (bicyclic) bond motifs is 1. The third-order valence-electron chi connectivity index (χ3n) is 4.64. The topological polar surface area (TPSA) is 35.2 Å². The van der Waals surface area contributed by atoms with E-state index < -0.39 is 0 Å². The molecule has 1 fully saturated rings. The van der Waals surface area contributed by atoms with Crippen LogP contribution in [0.1, 0.15) is 50.6 Å². The minimum atomic E-state index is -0.236. The van der Waals surface area contributed by atoms with Gasteiger partial charge in [-0.2, -0.15) is 0 Å². The number of halogens is 1. The molecular formula is C15H20FNO. The minimum absolute atomic E-state index is 0.106. The molecule has 3 rings (SSSR count). The second-order valence-corrected chi connectivity index (χ2v) is 5.81. The van der Waals surface area contributed by atoms with Gasteiger partial charge in [0.05, 0.1) is 0 Å². The first kappa shape index (κ1) is 12.0. The molecule has 0 bridgehead atoms. The monoisotopic (exact) mass is 249 g/mol. The van der Waals surface area contributed by atoms with Crippen LogP contribution in [0, 0.1) is 11.7 Å². The van der Waals surface area contributed by atoms with Gasteiger partial charge < -0.3 is 10.5 Å². The van der Waals surface area contributed by atoms with E-state index in [9.17, 15) is 4.39 Å². The molecule has 2 nitrogen and oxygen atoms in total. The number of hydrogen-bond acceptors (Lipinski definition) is 2. The smallest absolute Gasteiger partial charge is 0.125 e. The molecule has 1 aromatic rings. The number of rotatable bonds is 0. The molecule has 1 spiro atoms. The first-order chi connectivity index (χ1) is 8.61. The normalized spacial score (nSPS) is 35.1. The van der Waals surface area contributed by atoms with Gasteiger partial charge in [-0.3, -0.25) is 0 Å². The lowest BCUT2D eigenvalue weighted by molar-refractivity contribution is -0.0408. The Bertz CT molecular complexity index is 462. The van der Waals surface area contributed by atoms with Crippen LogP contribution >= 0.6 is 0 Å². The predicted molar refractivity (Wildman–Crippen MR) is 68.9 cm³/mol. The third-order valence-corrected chi connectivity index (χ3v) is 4.64. The zero-order valence-electron chi connectivity index (χ0n) is 10.8. The SMILES string of the molecule is CC1CCCCC12CC(N)c1cc(F)ccc1O2. The van der Waals surface area contributed by atoms with Crippen molar-refractivity contribution in [3.8, 4) is 5.75 Å². The molecule has 0 amide bonds. The third kappa shape index (κ3) is 1.81. The van der Waals surface area contributed by atoms with Crippen LogP contribution in [0.5, 0.6) is 5.75 Å². The molecule has 98 valence electrons. The van der Waals surface area contributed by atoms with Gasteiger partial charge in [0.15, 0.2) is 0 Å². The van der Waals surface area contributed by atoms with Crippen molar-refractivity contribution in [2.45, 2.75) is 50.7 Å². The van der Waals surface area contributed by atoms with Gasteiger partial charge in [0.25, 0.3) is 0 Å². The number of hydrogen-bond donors (Lipinski definition) is 1. The predicted octanol–water partition coefficient (Wildman–Crippen LogP) is 3.56. The van der Waals surface area contributed by atoms with E-state index in [-0.39, 0.29) is 17.5 Å². The van der Waals surface area contributed by atoms with Gasteiger partial charge in [-0.05, 0) is 43.4 Å². The molecule has 0 radical (unpaired) electrons. The standard InChI is InChI=1S/C15H20FNO/c1-10-4-2-3-7-15(10)9-13(17)12-8-11(16)5-6-14(12)18-15/h5-6,8,10,13H,2-4,7,9,17H2,1H3. The summed E-state index contributed by atoms with van der Waals surface area (Å²) in [6.07, 6.45) is 5.55. The fourth-order valence-electron chi connectivity index (χ4n) is 3.48. The van der Waals surface area contributed by atoms with E-state index in [0.29, 0.717) is 5.92 Å². The van der Waals surface area contributed by atoms with Crippen LogP contribution in [0.25, 0.3) is 0 Å². The van der Waals surface area contributed by atoms with Crippen molar-refractivity contribution < 1.29 is 9.13 Å². The number of nitrogens with two attached hydrogens (primary N) is 1. The first-order valence-corrected chi connectivity index (χ1v) is 6.85. The average molecular weight is 249 g/mol. The highest BCUT2D eigenvalue weighted by Crippen LogP contribution is 2.47. The highest BCUT2D eigenvalue weighted by atomic mass is 19.1. The van der Waals surface area contributed by atoms with E-state index in [2.05, 4.69) is 6.92 Å². The van der Waals surface area contributed by atoms with Crippen molar-refractivity contribution >= 4 is 0 Å². The molecule has 1 aliphatic carbocycles. The summed E-state index contributed by atoms with van der Waals surface area (Å²) in [5.74, 6) is 1.07. The van der Waals surface area contributed by atoms with E-state index in [1.807, 2.05) is 0 Å². The van der Waals surface area contributed by atoms with Gasteiger partial charge in [-0.1, -0.05) is 13.3 Å². The first-order valence-electron chi connectivity index (χ1n) is 6.85. The Morgan fingerprint density at radius 1 is 1.39 bits per heavy atom. The molecule has 18 heavy (non-hydrogen) atoms. The van der Waals surface area contributed by atoms with E-state index in [0.717, 1.165) is 24.2 Å². The summed E-state index contributed by atoms with van der Waals surface area (Å²) in [6, 6.07) is 4.59. The quantitative estimate of drug-likeness (QED) is 0.763. The van der Waals surface area contributed by atoms with E-state index in [4.69, 9.17) is 10.5 Å². The minimum Gasteiger partial charge on any atom is -0.487 e. The van der Waals surface area contributed by atoms with Gasteiger partial charge in [0.2, 0.25) is 0 Å². The molecule has 3 unspecified atom stereocenters. The average Bonchev–Trinajstić information content (AvgIpc) is 2.34. The van der Waals surface area contributed by atoms with Crippen molar-refractivity contribution in [2.75, 3.05) is 0 Å². The van der Waals surface area contributed by atoms with Crippen LogP contribution in [0.15, 0.2) is 18.2 Å². The van der Waals surface area contributed by atoms with Gasteiger partial charge in [0.1, 0.15) is 17.2 Å². The summed E-state index contributed by atoms with van der Waals surface area (Å²) >= 11 is 0. The van der Waals surface area contributed by atoms with Gasteiger partial charge in [-0.15, -0.1) is 0 Å². The van der Waals surface area contributed by atoms with E-state index >= 15 is 0 Å². The second-order valence-electron chi connectivity index (χ2n) is 5.81. The van der Waals surface area contributed by atoms with Crippen LogP contribution in [-0.2, 0) is 0 Å². The molecule has 1 heterocycles. The molecule has 1 aliphatic heterocycles. The van der Waals surface area contributed by atoms with E-state index in [1.165, 1.54) is 31.4 Å². The molecule has 3 atom stereocenters. The van der Waals surface area contributed by atoms with Gasteiger partial charge in [0, 0.05) is 18.0 Å². The summed E-state index contributed by atoms with van der Waals surface area (Å²) in [7, 11) is 0. The van der Waals surface area contributed by atoms with Crippen LogP contribution in [0.4, 0.5) is 4.39 Å². The Morgan fingerprint density at radius 2 is 2.22 bits per heavy atom. The molecule has 0 aromatic heterocycles. The Labute approximate surface area is 107 Å². The molecule has 2 N–H and O–H groups in total. The van der Waals surface area contributed by atoms with Gasteiger partial charge in [-0.25, -0.2) is 4.39 Å². The Balaban J connectivity index is 1.98. The fourth-order valence-corrected chi connectivity index (χ4v) is 3.48. The van der Waals surface area contributed by atoms with Crippen molar-refractivity contribution in [3.63, 3.8) is 0 Å². The summed E-state index contributed by atoms with van der Waals surface area (Å²) in [5.41, 5.74) is 6.93. The van der Waals surface area contributed by atoms with Crippen molar-refractivity contribution in [2.24, 2.45) is 11.7 Å². The van der Waals surface area contributed by atoms with Gasteiger partial charge >= 0.3 is 0 Å². The summed E-state index contributed by atoms with van der Waals surface area (Å²) in [5, 5.41) is 0. The molecule has 2 aliphatic rings. The second kappa shape index (κ2) is 4.23. The lowest BCUT2D eigenvalue weighted by Gasteiger charge is -2.47. The fraction of sp³-hybridized carbons (Fsp3) is 0.600. The van der Waals surface area contributed by atoms with Crippen LogP contribution in [-0.4, -0.2) is 5.60 Å². The Morgan fingerprint density at radius 3 is 3.00 bits per heavy atom. The highest BCUT2D eigenvalue weighted by molar-refractivity contribution is 5.39. The van der Waals surface area contributed by atoms with Crippen LogP contribution in [0.2, 0.25) is 0 Å². The van der Waals surface area contributed by atoms with Crippen LogP contribution in [0.3, 0.4) is 0 Å². The Hall–Kier alpha value is -1.09. The molecule has 1 aromatic carbocycles. The lowest BCUT2D eigenvalue weighted by Crippen LogP contribution is -2.49. The zero-order valence-corrected chi connectivity index (χ0v) is 10.8. The maximum atomic E-state index is 13.3. The molecular weight excluding hydrogens is 229 g/mol. The summed E-state index contributed by atoms with van der Waals surface area (Å²) < 4.78 is 19.5. The lowest BCUT2D eigenvalue weighted by atomic mass is 9.71. The summed E-state index contributed by atoms with van der Waals surface area (Å²) in [6.45, 7) is 2.25. The van der Waals surface area contributed by atoms with Crippen molar-refractivity contribution in [1.82, 2.24) is 0 Å². The maximum absolute atomic E-state index is 13.3. The van der Waals surface area contributed by atoms with E-state index in [1.54, 1.807) is 6.07 Å². The zero-order chi connectivity index (χ0) is 12.8. The van der Waals surface area contributed by atoms with Crippen LogP contribution < -0.4 is 10.5 Å². The Kier molecular flexibility index (Phi) is 2.81. The molecule has 3 heteroatoms. The van der Waals surface area contributed by atoms with Crippen molar-refractivity contribution in [3.05, 3.63) is 29.6 Å². The summed E-state index contributed by atoms with van der Waals surface area (Å²) in [4.78, 5) is 0. The largest absolute Gasteiger partial charge is 0.487 e. The number of benzene rings is 1. The molecule has 0 saturated heterocycles. The maximum Gasteiger partial charge on any atom is 0.125 e. The molecule has 1 saturated carbocycles. The van der Waals surface area contributed by atoms with Crippen molar-refractivity contribution in [1.29, 1.82) is 0 Å². The number of ether oxygens (including phenoxy) is 1. The highest BCUT2D eigenvalue weighted by Gasteiger charge is 2.45.